The normalized spacial score (nSPS) is 14.2. The first-order chi connectivity index (χ1) is 27.2. The molecule has 0 saturated carbocycles. The van der Waals surface area contributed by atoms with Crippen LogP contribution in [0.25, 0.3) is 88.7 Å². The van der Waals surface area contributed by atoms with Crippen molar-refractivity contribution < 1.29 is 0 Å². The molecule has 1 aliphatic rings. The van der Waals surface area contributed by atoms with Gasteiger partial charge in [-0.3, -0.25) is 4.40 Å². The molecule has 11 rings (SSSR count). The Morgan fingerprint density at radius 2 is 1.13 bits per heavy atom. The Balaban J connectivity index is 0.957. The van der Waals surface area contributed by atoms with E-state index in [1.807, 2.05) is 30.3 Å². The summed E-state index contributed by atoms with van der Waals surface area (Å²) in [4.78, 5) is 25.5. The van der Waals surface area contributed by atoms with Gasteiger partial charge in [-0.15, -0.1) is 5.98 Å². The molecule has 1 radical (unpaired) electrons. The summed E-state index contributed by atoms with van der Waals surface area (Å²) in [7, 11) is 2.22. The summed E-state index contributed by atoms with van der Waals surface area (Å²) >= 11 is 0. The van der Waals surface area contributed by atoms with Gasteiger partial charge < -0.3 is 0 Å². The van der Waals surface area contributed by atoms with Crippen molar-refractivity contribution in [2.45, 2.75) is 5.82 Å². The van der Waals surface area contributed by atoms with E-state index >= 15 is 0 Å². The fourth-order valence-corrected chi connectivity index (χ4v) is 7.91. The van der Waals surface area contributed by atoms with Crippen LogP contribution in [0.1, 0.15) is 17.2 Å². The van der Waals surface area contributed by atoms with Gasteiger partial charge in [-0.1, -0.05) is 146 Å². The van der Waals surface area contributed by atoms with Crippen LogP contribution in [0.4, 0.5) is 0 Å². The number of hydrogen-bond acceptors (Lipinski definition) is 5. The molecular formula is C48H30BN6. The van der Waals surface area contributed by atoms with E-state index in [9.17, 15) is 0 Å². The first-order valence-corrected chi connectivity index (χ1v) is 18.5. The maximum Gasteiger partial charge on any atom is 0.164 e. The van der Waals surface area contributed by atoms with Gasteiger partial charge >= 0.3 is 0 Å². The highest BCUT2D eigenvalue weighted by molar-refractivity contribution is 6.47. The number of allylic oxidation sites excluding steroid dienone is 3. The summed E-state index contributed by atoms with van der Waals surface area (Å²) in [5.74, 6) is 4.18. The van der Waals surface area contributed by atoms with Crippen LogP contribution < -0.4 is 0 Å². The van der Waals surface area contributed by atoms with Crippen LogP contribution in [0.2, 0.25) is 0 Å². The lowest BCUT2D eigenvalue weighted by molar-refractivity contribution is 1.04. The number of fused-ring (bicyclic) bond motifs is 7. The van der Waals surface area contributed by atoms with E-state index < -0.39 is 0 Å². The molecule has 7 heteroatoms. The molecule has 255 valence electrons. The number of benzene rings is 6. The minimum absolute atomic E-state index is 0.0927. The Hall–Kier alpha value is -7.25. The Kier molecular flexibility index (Phi) is 7.23. The second kappa shape index (κ2) is 12.7. The summed E-state index contributed by atoms with van der Waals surface area (Å²) in [5, 5.41) is 5.56. The van der Waals surface area contributed by atoms with Gasteiger partial charge in [0, 0.05) is 33.8 Å². The maximum atomic E-state index is 5.16. The highest BCUT2D eigenvalue weighted by Gasteiger charge is 2.21. The van der Waals surface area contributed by atoms with Crippen LogP contribution >= 0.6 is 0 Å². The number of aromatic nitrogens is 6. The first-order valence-electron chi connectivity index (χ1n) is 18.5. The fourth-order valence-electron chi connectivity index (χ4n) is 7.91. The van der Waals surface area contributed by atoms with Crippen LogP contribution in [-0.2, 0) is 0 Å². The van der Waals surface area contributed by atoms with Gasteiger partial charge in [-0.05, 0) is 51.1 Å². The van der Waals surface area contributed by atoms with E-state index in [1.165, 1.54) is 5.56 Å². The van der Waals surface area contributed by atoms with Crippen molar-refractivity contribution in [1.82, 2.24) is 29.3 Å². The van der Waals surface area contributed by atoms with Crippen molar-refractivity contribution in [3.8, 4) is 34.0 Å². The fraction of sp³-hybridized carbons (Fsp3) is 0.0208. The third-order valence-corrected chi connectivity index (χ3v) is 10.6. The summed E-state index contributed by atoms with van der Waals surface area (Å²) in [6.45, 7) is 0. The molecule has 5 heterocycles. The molecule has 6 nitrogen and oxygen atoms in total. The smallest absolute Gasteiger partial charge is 0.164 e. The molecule has 0 saturated heterocycles. The lowest BCUT2D eigenvalue weighted by Crippen LogP contribution is -2.10. The van der Waals surface area contributed by atoms with Crippen LogP contribution in [-0.4, -0.2) is 36.6 Å². The zero-order valence-corrected chi connectivity index (χ0v) is 29.6. The van der Waals surface area contributed by atoms with Crippen LogP contribution in [0.15, 0.2) is 176 Å². The Morgan fingerprint density at radius 1 is 0.509 bits per heavy atom. The molecule has 10 aromatic rings. The Labute approximate surface area is 317 Å². The summed E-state index contributed by atoms with van der Waals surface area (Å²) in [6, 6.07) is 52.4. The molecule has 4 aromatic heterocycles. The number of imidazole rings is 1. The number of rotatable bonds is 5. The molecule has 0 spiro atoms. The molecule has 0 amide bonds. The zero-order chi connectivity index (χ0) is 36.3. The molecule has 1 aliphatic heterocycles. The standard InChI is InChI=1S/C48H30BN6/c1-3-15-35-30(11-1)13-9-18-37(35)47-52-46(53-48(54-47)38-19-10-14-31-12-2-4-16-36(31)38)34-26-27-40(49-29-34)32-22-24-33(25-23-32)43-45-44(39-17-5-6-20-41(39)50-43)51-42-21-7-8-28-55(42)45/h1-29,40H. The minimum atomic E-state index is 0.0927. The third kappa shape index (κ3) is 5.31. The van der Waals surface area contributed by atoms with E-state index in [4.69, 9.17) is 24.9 Å². The van der Waals surface area contributed by atoms with E-state index in [2.05, 4.69) is 157 Å². The molecule has 0 fully saturated rings. The van der Waals surface area contributed by atoms with E-state index in [1.54, 1.807) is 0 Å². The van der Waals surface area contributed by atoms with Gasteiger partial charge in [0.25, 0.3) is 0 Å². The highest BCUT2D eigenvalue weighted by atomic mass is 15.0. The molecular weight excluding hydrogens is 671 g/mol. The van der Waals surface area contributed by atoms with Crippen molar-refractivity contribution >= 4 is 62.0 Å². The zero-order valence-electron chi connectivity index (χ0n) is 29.6. The topological polar surface area (TPSA) is 68.9 Å². The second-order valence-electron chi connectivity index (χ2n) is 13.9. The Bertz CT molecular complexity index is 3090. The van der Waals surface area contributed by atoms with Crippen LogP contribution in [0.3, 0.4) is 0 Å². The number of para-hydroxylation sites is 1. The van der Waals surface area contributed by atoms with Gasteiger partial charge in [0.05, 0.1) is 16.7 Å². The summed E-state index contributed by atoms with van der Waals surface area (Å²) < 4.78 is 2.14. The molecule has 1 atom stereocenters. The third-order valence-electron chi connectivity index (χ3n) is 10.6. The van der Waals surface area contributed by atoms with Gasteiger partial charge in [-0.25, -0.2) is 24.9 Å². The average Bonchev–Trinajstić information content (AvgIpc) is 3.66. The quantitative estimate of drug-likeness (QED) is 0.167. The number of pyridine rings is 2. The minimum Gasteiger partial charge on any atom is -0.298 e. The molecule has 0 bridgehead atoms. The van der Waals surface area contributed by atoms with Gasteiger partial charge in [0.2, 0.25) is 0 Å². The molecule has 6 aromatic carbocycles. The largest absolute Gasteiger partial charge is 0.298 e. The number of hydrogen-bond donors (Lipinski definition) is 0. The second-order valence-corrected chi connectivity index (χ2v) is 13.9. The SMILES string of the molecule is [B]1C=C(c2nc(-c3cccc4ccccc34)nc(-c3cccc4ccccc34)n2)C=CC1c1ccc(-c2nc3ccccc3c3nc4ccccn4c23)cc1. The van der Waals surface area contributed by atoms with E-state index in [-0.39, 0.29) is 5.82 Å². The van der Waals surface area contributed by atoms with E-state index in [0.29, 0.717) is 17.5 Å². The number of nitrogens with zero attached hydrogens (tertiary/aromatic N) is 6. The summed E-state index contributed by atoms with van der Waals surface area (Å²) in [6.07, 6.45) is 6.42. The first kappa shape index (κ1) is 31.3. The van der Waals surface area contributed by atoms with Crippen LogP contribution in [0, 0.1) is 0 Å². The molecule has 55 heavy (non-hydrogen) atoms. The molecule has 0 aliphatic carbocycles. The predicted molar refractivity (Wildman–Crippen MR) is 225 cm³/mol. The highest BCUT2D eigenvalue weighted by Crippen LogP contribution is 2.36. The van der Waals surface area contributed by atoms with Gasteiger partial charge in [-0.2, -0.15) is 0 Å². The predicted octanol–water partition coefficient (Wildman–Crippen LogP) is 10.9. The molecule has 0 N–H and O–H groups in total. The van der Waals surface area contributed by atoms with Crippen molar-refractivity contribution in [2.24, 2.45) is 0 Å². The summed E-state index contributed by atoms with van der Waals surface area (Å²) in [5.41, 5.74) is 9.87. The van der Waals surface area contributed by atoms with Crippen LogP contribution in [0.5, 0.6) is 0 Å². The van der Waals surface area contributed by atoms with Crippen molar-refractivity contribution in [2.75, 3.05) is 0 Å². The van der Waals surface area contributed by atoms with Crippen molar-refractivity contribution in [3.05, 3.63) is 187 Å². The van der Waals surface area contributed by atoms with E-state index in [0.717, 1.165) is 77.1 Å². The maximum absolute atomic E-state index is 5.16. The van der Waals surface area contributed by atoms with Gasteiger partial charge in [0.15, 0.2) is 24.8 Å². The Morgan fingerprint density at radius 3 is 1.82 bits per heavy atom. The molecule has 1 unspecified atom stereocenters. The van der Waals surface area contributed by atoms with Gasteiger partial charge in [0.1, 0.15) is 11.2 Å². The lowest BCUT2D eigenvalue weighted by atomic mass is 9.58. The lowest BCUT2D eigenvalue weighted by Gasteiger charge is -2.17. The monoisotopic (exact) mass is 701 g/mol. The van der Waals surface area contributed by atoms with Crippen molar-refractivity contribution in [1.29, 1.82) is 0 Å². The van der Waals surface area contributed by atoms with Crippen molar-refractivity contribution in [3.63, 3.8) is 0 Å². The average molecular weight is 702 g/mol.